The number of aromatic amines is 1. The highest BCUT2D eigenvalue weighted by Crippen LogP contribution is 2.30. The van der Waals surface area contributed by atoms with E-state index in [0.29, 0.717) is 11.7 Å². The first kappa shape index (κ1) is 10.6. The molecular weight excluding hydrogens is 192 g/mol. The average Bonchev–Trinajstić information content (AvgIpc) is 2.78. The second-order valence-electron chi connectivity index (χ2n) is 4.20. The molecule has 0 amide bonds. The normalized spacial score (nSPS) is 20.4. The third-order valence-electron chi connectivity index (χ3n) is 3.04. The Morgan fingerprint density at radius 2 is 2.13 bits per heavy atom. The van der Waals surface area contributed by atoms with E-state index in [1.807, 2.05) is 0 Å². The van der Waals surface area contributed by atoms with Crippen molar-refractivity contribution in [1.29, 1.82) is 0 Å². The van der Waals surface area contributed by atoms with Crippen LogP contribution in [0.4, 0.5) is 0 Å². The van der Waals surface area contributed by atoms with Crippen LogP contribution in [0, 0.1) is 0 Å². The molecule has 0 unspecified atom stereocenters. The van der Waals surface area contributed by atoms with Crippen LogP contribution in [-0.4, -0.2) is 26.9 Å². The van der Waals surface area contributed by atoms with Crippen LogP contribution in [0.3, 0.4) is 0 Å². The van der Waals surface area contributed by atoms with Gasteiger partial charge in [-0.1, -0.05) is 19.3 Å². The Balaban J connectivity index is 2.05. The van der Waals surface area contributed by atoms with E-state index in [4.69, 9.17) is 10.8 Å². The van der Waals surface area contributed by atoms with Crippen LogP contribution in [0.5, 0.6) is 0 Å². The fourth-order valence-corrected chi connectivity index (χ4v) is 2.09. The van der Waals surface area contributed by atoms with Crippen LogP contribution in [0.2, 0.25) is 0 Å². The van der Waals surface area contributed by atoms with Crippen molar-refractivity contribution in [2.75, 3.05) is 6.61 Å². The average molecular weight is 210 g/mol. The smallest absolute Gasteiger partial charge is 0.169 e. The summed E-state index contributed by atoms with van der Waals surface area (Å²) < 4.78 is 0. The van der Waals surface area contributed by atoms with Gasteiger partial charge >= 0.3 is 0 Å². The number of H-pyrrole nitrogens is 1. The van der Waals surface area contributed by atoms with E-state index in [1.165, 1.54) is 32.1 Å². The topological polar surface area (TPSA) is 87.8 Å². The molecule has 5 heteroatoms. The molecule has 4 N–H and O–H groups in total. The zero-order chi connectivity index (χ0) is 10.7. The molecular formula is C10H18N4O. The van der Waals surface area contributed by atoms with E-state index in [-0.39, 0.29) is 6.61 Å². The van der Waals surface area contributed by atoms with Gasteiger partial charge in [0, 0.05) is 5.92 Å². The maximum absolute atomic E-state index is 8.89. The summed E-state index contributed by atoms with van der Waals surface area (Å²) in [6, 6.07) is -0.460. The van der Waals surface area contributed by atoms with Crippen molar-refractivity contribution in [1.82, 2.24) is 15.2 Å². The molecule has 1 aromatic rings. The maximum Gasteiger partial charge on any atom is 0.169 e. The lowest BCUT2D eigenvalue weighted by Gasteiger charge is -2.18. The summed E-state index contributed by atoms with van der Waals surface area (Å²) in [6.45, 7) is -0.109. The van der Waals surface area contributed by atoms with E-state index < -0.39 is 6.04 Å². The summed E-state index contributed by atoms with van der Waals surface area (Å²) in [7, 11) is 0. The lowest BCUT2D eigenvalue weighted by molar-refractivity contribution is 0.263. The van der Waals surface area contributed by atoms with Gasteiger partial charge in [0.1, 0.15) is 5.82 Å². The Morgan fingerprint density at radius 1 is 1.40 bits per heavy atom. The minimum Gasteiger partial charge on any atom is -0.394 e. The summed E-state index contributed by atoms with van der Waals surface area (Å²) in [4.78, 5) is 4.35. The number of rotatable bonds is 3. The van der Waals surface area contributed by atoms with Gasteiger partial charge in [0.15, 0.2) is 5.82 Å². The molecule has 1 heterocycles. The van der Waals surface area contributed by atoms with Crippen molar-refractivity contribution in [3.63, 3.8) is 0 Å². The number of aliphatic hydroxyl groups excluding tert-OH is 1. The summed E-state index contributed by atoms with van der Waals surface area (Å²) >= 11 is 0. The van der Waals surface area contributed by atoms with Crippen LogP contribution < -0.4 is 5.73 Å². The van der Waals surface area contributed by atoms with E-state index in [9.17, 15) is 0 Å². The fraction of sp³-hybridized carbons (Fsp3) is 0.800. The van der Waals surface area contributed by atoms with Gasteiger partial charge in [0.05, 0.1) is 12.6 Å². The largest absolute Gasteiger partial charge is 0.394 e. The molecule has 0 bridgehead atoms. The Labute approximate surface area is 89.1 Å². The minimum atomic E-state index is -0.460. The quantitative estimate of drug-likeness (QED) is 0.690. The van der Waals surface area contributed by atoms with E-state index in [0.717, 1.165) is 5.82 Å². The SMILES string of the molecule is N[C@H](CO)c1n[nH]c(C2CCCCC2)n1. The molecule has 0 aromatic carbocycles. The first-order valence-corrected chi connectivity index (χ1v) is 5.60. The highest BCUT2D eigenvalue weighted by atomic mass is 16.3. The monoisotopic (exact) mass is 210 g/mol. The highest BCUT2D eigenvalue weighted by molar-refractivity contribution is 5.01. The number of nitrogens with zero attached hydrogens (tertiary/aromatic N) is 2. The molecule has 5 nitrogen and oxygen atoms in total. The predicted octanol–water partition coefficient (Wildman–Crippen LogP) is 0.844. The molecule has 0 spiro atoms. The third kappa shape index (κ3) is 2.35. The molecule has 1 aliphatic carbocycles. The number of aliphatic hydroxyl groups is 1. The van der Waals surface area contributed by atoms with Crippen LogP contribution in [0.1, 0.15) is 55.7 Å². The number of nitrogens with one attached hydrogen (secondary N) is 1. The Kier molecular flexibility index (Phi) is 3.33. The molecule has 1 aromatic heterocycles. The second kappa shape index (κ2) is 4.72. The van der Waals surface area contributed by atoms with Gasteiger partial charge in [-0.15, -0.1) is 0 Å². The molecule has 1 atom stereocenters. The fourth-order valence-electron chi connectivity index (χ4n) is 2.09. The van der Waals surface area contributed by atoms with Crippen molar-refractivity contribution in [3.05, 3.63) is 11.6 Å². The van der Waals surface area contributed by atoms with Crippen molar-refractivity contribution in [3.8, 4) is 0 Å². The lowest BCUT2D eigenvalue weighted by Crippen LogP contribution is -2.16. The van der Waals surface area contributed by atoms with Gasteiger partial charge < -0.3 is 10.8 Å². The molecule has 84 valence electrons. The first-order valence-electron chi connectivity index (χ1n) is 5.60. The maximum atomic E-state index is 8.89. The van der Waals surface area contributed by atoms with E-state index >= 15 is 0 Å². The minimum absolute atomic E-state index is 0.109. The number of hydrogen-bond donors (Lipinski definition) is 3. The zero-order valence-electron chi connectivity index (χ0n) is 8.82. The Morgan fingerprint density at radius 3 is 2.80 bits per heavy atom. The van der Waals surface area contributed by atoms with Gasteiger partial charge in [-0.05, 0) is 12.8 Å². The van der Waals surface area contributed by atoms with Crippen molar-refractivity contribution in [2.45, 2.75) is 44.1 Å². The van der Waals surface area contributed by atoms with Crippen LogP contribution in [-0.2, 0) is 0 Å². The highest BCUT2D eigenvalue weighted by Gasteiger charge is 2.20. The van der Waals surface area contributed by atoms with Crippen molar-refractivity contribution >= 4 is 0 Å². The van der Waals surface area contributed by atoms with Gasteiger partial charge in [-0.25, -0.2) is 4.98 Å². The molecule has 1 fully saturated rings. The number of hydrogen-bond acceptors (Lipinski definition) is 4. The molecule has 0 radical (unpaired) electrons. The summed E-state index contributed by atoms with van der Waals surface area (Å²) in [5.41, 5.74) is 5.64. The molecule has 1 aliphatic rings. The Bertz CT molecular complexity index is 306. The van der Waals surface area contributed by atoms with E-state index in [2.05, 4.69) is 15.2 Å². The number of aromatic nitrogens is 3. The van der Waals surface area contributed by atoms with Crippen LogP contribution in [0.15, 0.2) is 0 Å². The predicted molar refractivity (Wildman–Crippen MR) is 56.2 cm³/mol. The van der Waals surface area contributed by atoms with Crippen LogP contribution in [0.25, 0.3) is 0 Å². The lowest BCUT2D eigenvalue weighted by atomic mass is 9.89. The van der Waals surface area contributed by atoms with Gasteiger partial charge in [-0.2, -0.15) is 5.10 Å². The molecule has 15 heavy (non-hydrogen) atoms. The van der Waals surface area contributed by atoms with Crippen molar-refractivity contribution < 1.29 is 5.11 Å². The summed E-state index contributed by atoms with van der Waals surface area (Å²) in [5.74, 6) is 1.97. The van der Waals surface area contributed by atoms with Gasteiger partial charge in [0.2, 0.25) is 0 Å². The third-order valence-corrected chi connectivity index (χ3v) is 3.04. The Hall–Kier alpha value is -0.940. The van der Waals surface area contributed by atoms with E-state index in [1.54, 1.807) is 0 Å². The molecule has 0 saturated heterocycles. The standard InChI is InChI=1S/C10H18N4O/c11-8(6-15)10-12-9(13-14-10)7-4-2-1-3-5-7/h7-8,15H,1-6,11H2,(H,12,13,14)/t8-/m1/s1. The first-order chi connectivity index (χ1) is 7.31. The number of nitrogens with two attached hydrogens (primary N) is 1. The molecule has 1 saturated carbocycles. The second-order valence-corrected chi connectivity index (χ2v) is 4.20. The zero-order valence-corrected chi connectivity index (χ0v) is 8.82. The van der Waals surface area contributed by atoms with Crippen LogP contribution >= 0.6 is 0 Å². The molecule has 0 aliphatic heterocycles. The van der Waals surface area contributed by atoms with Crippen molar-refractivity contribution in [2.24, 2.45) is 5.73 Å². The van der Waals surface area contributed by atoms with Gasteiger partial charge in [0.25, 0.3) is 0 Å². The molecule has 2 rings (SSSR count). The summed E-state index contributed by atoms with van der Waals surface area (Å²) in [6.07, 6.45) is 6.24. The van der Waals surface area contributed by atoms with Gasteiger partial charge in [-0.3, -0.25) is 5.10 Å². The summed E-state index contributed by atoms with van der Waals surface area (Å²) in [5, 5.41) is 15.9.